The number of hydrogen-bond donors (Lipinski definition) is 1. The van der Waals surface area contributed by atoms with Gasteiger partial charge in [-0.15, -0.1) is 0 Å². The number of nitrogens with one attached hydrogen (secondary N) is 1. The van der Waals surface area contributed by atoms with Crippen molar-refractivity contribution in [1.29, 1.82) is 5.26 Å². The van der Waals surface area contributed by atoms with E-state index in [1.165, 1.54) is 30.5 Å². The van der Waals surface area contributed by atoms with Crippen LogP contribution >= 0.6 is 0 Å². The molecule has 2 aromatic heterocycles. The highest BCUT2D eigenvalue weighted by molar-refractivity contribution is 7.90. The summed E-state index contributed by atoms with van der Waals surface area (Å²) in [5.41, 5.74) is -0.935. The lowest BCUT2D eigenvalue weighted by Crippen LogP contribution is -2.38. The van der Waals surface area contributed by atoms with Crippen molar-refractivity contribution >= 4 is 15.7 Å². The van der Waals surface area contributed by atoms with Crippen LogP contribution in [0.2, 0.25) is 0 Å². The number of nitriles is 1. The Balaban J connectivity index is 1.81. The maximum absolute atomic E-state index is 13.7. The molecule has 222 valence electrons. The molecule has 4 aromatic rings. The Labute approximate surface area is 245 Å². The predicted molar refractivity (Wildman–Crippen MR) is 151 cm³/mol. The summed E-state index contributed by atoms with van der Waals surface area (Å²) in [6, 6.07) is 14.7. The van der Waals surface area contributed by atoms with E-state index in [2.05, 4.69) is 5.32 Å². The van der Waals surface area contributed by atoms with Crippen molar-refractivity contribution in [1.82, 2.24) is 9.88 Å². The lowest BCUT2D eigenvalue weighted by atomic mass is 9.97. The highest BCUT2D eigenvalue weighted by Gasteiger charge is 2.31. The second-order valence-electron chi connectivity index (χ2n) is 9.86. The van der Waals surface area contributed by atoms with Crippen LogP contribution in [-0.2, 0) is 22.6 Å². The number of aromatic nitrogens is 2. The van der Waals surface area contributed by atoms with Gasteiger partial charge in [-0.1, -0.05) is 24.3 Å². The van der Waals surface area contributed by atoms with E-state index in [4.69, 9.17) is 5.26 Å². The third-order valence-corrected chi connectivity index (χ3v) is 8.08. The third-order valence-electron chi connectivity index (χ3n) is 6.98. The van der Waals surface area contributed by atoms with E-state index < -0.39 is 39.0 Å². The van der Waals surface area contributed by atoms with Gasteiger partial charge in [0.2, 0.25) is 11.1 Å². The standard InChI is InChI=1S/C30H25F3N4O5S/c1-18(21-9-7-20(14-34)8-10-21)36-17-26(29(39)35-15-24-11-12-25(16-37(24)40)43(3,41)42)28(38)27(19(36)2)22-5-4-6-23(13-22)30(31,32)33/h4-13,16-18H,15H2,1-3H3,(H,35,39). The van der Waals surface area contributed by atoms with Gasteiger partial charge in [0.15, 0.2) is 16.0 Å². The van der Waals surface area contributed by atoms with E-state index in [1.54, 1.807) is 42.7 Å². The number of alkyl halides is 3. The van der Waals surface area contributed by atoms with Gasteiger partial charge in [0.25, 0.3) is 5.91 Å². The van der Waals surface area contributed by atoms with Crippen LogP contribution in [0.4, 0.5) is 13.2 Å². The maximum atomic E-state index is 13.7. The molecular weight excluding hydrogens is 585 g/mol. The minimum atomic E-state index is -4.67. The Hall–Kier alpha value is -4.96. The normalized spacial score (nSPS) is 12.4. The van der Waals surface area contributed by atoms with Gasteiger partial charge >= 0.3 is 6.18 Å². The topological polar surface area (TPSA) is 136 Å². The molecule has 4 rings (SSSR count). The average Bonchev–Trinajstić information content (AvgIpc) is 2.95. The maximum Gasteiger partial charge on any atom is 0.416 e. The third kappa shape index (κ3) is 6.60. The number of halogens is 3. The van der Waals surface area contributed by atoms with Crippen LogP contribution in [0.1, 0.15) is 51.4 Å². The van der Waals surface area contributed by atoms with Crippen molar-refractivity contribution in [3.05, 3.63) is 122 Å². The van der Waals surface area contributed by atoms with E-state index in [1.807, 2.05) is 6.07 Å². The SMILES string of the molecule is Cc1c(-c2cccc(C(F)(F)F)c2)c(=O)c(C(=O)NCc2ccc(S(C)(=O)=O)c[n+]2[O-])cn1C(C)c1ccc(C#N)cc1. The molecule has 0 saturated carbocycles. The second kappa shape index (κ2) is 11.7. The molecular formula is C30H25F3N4O5S. The molecule has 1 atom stereocenters. The molecule has 13 heteroatoms. The fourth-order valence-electron chi connectivity index (χ4n) is 4.59. The molecule has 9 nitrogen and oxygen atoms in total. The van der Waals surface area contributed by atoms with Gasteiger partial charge in [0.1, 0.15) is 17.0 Å². The molecule has 0 radical (unpaired) electrons. The average molecular weight is 611 g/mol. The van der Waals surface area contributed by atoms with Crippen molar-refractivity contribution in [3.8, 4) is 17.2 Å². The first-order chi connectivity index (χ1) is 20.1. The largest absolute Gasteiger partial charge is 0.618 e. The summed E-state index contributed by atoms with van der Waals surface area (Å²) >= 11 is 0. The summed E-state index contributed by atoms with van der Waals surface area (Å²) in [7, 11) is -3.65. The van der Waals surface area contributed by atoms with Gasteiger partial charge in [0.05, 0.1) is 23.2 Å². The van der Waals surface area contributed by atoms with Crippen molar-refractivity contribution in [2.24, 2.45) is 0 Å². The minimum absolute atomic E-state index is 0.0164. The molecule has 2 aromatic carbocycles. The highest BCUT2D eigenvalue weighted by Crippen LogP contribution is 2.33. The van der Waals surface area contributed by atoms with E-state index in [-0.39, 0.29) is 38.6 Å². The Morgan fingerprint density at radius 1 is 1.14 bits per heavy atom. The Morgan fingerprint density at radius 2 is 1.81 bits per heavy atom. The summed E-state index contributed by atoms with van der Waals surface area (Å²) < 4.78 is 65.9. The fraction of sp³-hybridized carbons (Fsp3) is 0.200. The number of carbonyl (C=O) groups excluding carboxylic acids is 1. The first kappa shape index (κ1) is 31.0. The molecule has 0 saturated heterocycles. The molecule has 1 N–H and O–H groups in total. The molecule has 0 aliphatic rings. The molecule has 1 unspecified atom stereocenters. The minimum Gasteiger partial charge on any atom is -0.618 e. The molecule has 0 bridgehead atoms. The van der Waals surface area contributed by atoms with Gasteiger partial charge in [-0.05, 0) is 55.3 Å². The van der Waals surface area contributed by atoms with Gasteiger partial charge in [-0.2, -0.15) is 23.2 Å². The Bertz CT molecular complexity index is 1930. The predicted octanol–water partition coefficient (Wildman–Crippen LogP) is 4.29. The zero-order valence-electron chi connectivity index (χ0n) is 23.1. The summed E-state index contributed by atoms with van der Waals surface area (Å²) in [6.07, 6.45) is -1.59. The number of nitrogens with zero attached hydrogens (tertiary/aromatic N) is 3. The van der Waals surface area contributed by atoms with Crippen molar-refractivity contribution in [2.75, 3.05) is 6.26 Å². The number of sulfone groups is 1. The number of rotatable bonds is 7. The Kier molecular flexibility index (Phi) is 8.45. The van der Waals surface area contributed by atoms with Crippen LogP contribution in [0.3, 0.4) is 0 Å². The second-order valence-corrected chi connectivity index (χ2v) is 11.9. The Morgan fingerprint density at radius 3 is 2.40 bits per heavy atom. The van der Waals surface area contributed by atoms with Crippen LogP contribution < -0.4 is 15.5 Å². The molecule has 0 aliphatic heterocycles. The molecule has 0 spiro atoms. The van der Waals surface area contributed by atoms with Crippen molar-refractivity contribution in [3.63, 3.8) is 0 Å². The summed E-state index contributed by atoms with van der Waals surface area (Å²) in [5, 5.41) is 24.0. The number of carbonyl (C=O) groups is 1. The van der Waals surface area contributed by atoms with Gasteiger partial charge < -0.3 is 15.1 Å². The lowest BCUT2D eigenvalue weighted by Gasteiger charge is -2.23. The van der Waals surface area contributed by atoms with E-state index in [0.717, 1.165) is 24.6 Å². The highest BCUT2D eigenvalue weighted by atomic mass is 32.2. The monoisotopic (exact) mass is 610 g/mol. The number of hydrogen-bond acceptors (Lipinski definition) is 6. The van der Waals surface area contributed by atoms with Crippen LogP contribution in [-0.4, -0.2) is 25.1 Å². The summed E-state index contributed by atoms with van der Waals surface area (Å²) in [6.45, 7) is 2.95. The summed E-state index contributed by atoms with van der Waals surface area (Å²) in [5.74, 6) is -0.897. The van der Waals surface area contributed by atoms with Gasteiger partial charge in [-0.3, -0.25) is 9.59 Å². The summed E-state index contributed by atoms with van der Waals surface area (Å²) in [4.78, 5) is 26.8. The number of pyridine rings is 2. The van der Waals surface area contributed by atoms with E-state index in [0.29, 0.717) is 16.8 Å². The molecule has 43 heavy (non-hydrogen) atoms. The fourth-order valence-corrected chi connectivity index (χ4v) is 5.19. The van der Waals surface area contributed by atoms with Crippen LogP contribution in [0.15, 0.2) is 82.7 Å². The molecule has 0 fully saturated rings. The quantitative estimate of drug-likeness (QED) is 0.245. The van der Waals surface area contributed by atoms with Crippen LogP contribution in [0.5, 0.6) is 0 Å². The van der Waals surface area contributed by atoms with E-state index >= 15 is 0 Å². The van der Waals surface area contributed by atoms with Gasteiger partial charge in [-0.25, -0.2) is 8.42 Å². The zero-order valence-corrected chi connectivity index (χ0v) is 24.0. The molecule has 1 amide bonds. The van der Waals surface area contributed by atoms with Crippen LogP contribution in [0.25, 0.3) is 11.1 Å². The zero-order chi connectivity index (χ0) is 31.7. The number of benzene rings is 2. The first-order valence-electron chi connectivity index (χ1n) is 12.8. The van der Waals surface area contributed by atoms with Gasteiger partial charge in [0, 0.05) is 29.8 Å². The molecule has 2 heterocycles. The van der Waals surface area contributed by atoms with Crippen LogP contribution in [0, 0.1) is 23.5 Å². The van der Waals surface area contributed by atoms with Crippen molar-refractivity contribution < 1.29 is 31.1 Å². The first-order valence-corrected chi connectivity index (χ1v) is 14.6. The lowest BCUT2D eigenvalue weighted by molar-refractivity contribution is -0.616. The van der Waals surface area contributed by atoms with Crippen molar-refractivity contribution in [2.45, 2.75) is 37.5 Å². The smallest absolute Gasteiger partial charge is 0.416 e. The van der Waals surface area contributed by atoms with E-state index in [9.17, 15) is 36.4 Å². The molecule has 0 aliphatic carbocycles. The number of amides is 1.